The van der Waals surface area contributed by atoms with Crippen LogP contribution >= 0.6 is 0 Å². The van der Waals surface area contributed by atoms with Gasteiger partial charge in [-0.1, -0.05) is 25.5 Å². The normalized spacial score (nSPS) is 18.6. The molecule has 0 unspecified atom stereocenters. The molecule has 1 heterocycles. The predicted octanol–water partition coefficient (Wildman–Crippen LogP) is 2.93. The molecule has 2 rings (SSSR count). The zero-order valence-corrected chi connectivity index (χ0v) is 11.3. The first-order valence-electron chi connectivity index (χ1n) is 6.59. The molecule has 0 spiro atoms. The van der Waals surface area contributed by atoms with E-state index in [4.69, 9.17) is 0 Å². The molecule has 1 aromatic rings. The standard InChI is InChI=1S/C14H18F3NO2/c1-2-7-13(19)9-18(10-13)8-11-3-5-12(6-4-11)20-14(15,16)17/h3-6,19H,2,7-10H2,1H3. The van der Waals surface area contributed by atoms with Gasteiger partial charge >= 0.3 is 6.36 Å². The molecule has 1 aromatic carbocycles. The smallest absolute Gasteiger partial charge is 0.406 e. The van der Waals surface area contributed by atoms with E-state index in [-0.39, 0.29) is 5.75 Å². The second-order valence-electron chi connectivity index (χ2n) is 5.31. The number of ether oxygens (including phenoxy) is 1. The highest BCUT2D eigenvalue weighted by Crippen LogP contribution is 2.28. The lowest BCUT2D eigenvalue weighted by Gasteiger charge is -2.46. The topological polar surface area (TPSA) is 32.7 Å². The molecule has 0 atom stereocenters. The van der Waals surface area contributed by atoms with Gasteiger partial charge in [-0.25, -0.2) is 0 Å². The monoisotopic (exact) mass is 289 g/mol. The van der Waals surface area contributed by atoms with Crippen LogP contribution in [0.25, 0.3) is 0 Å². The van der Waals surface area contributed by atoms with Crippen LogP contribution in [0.1, 0.15) is 25.3 Å². The van der Waals surface area contributed by atoms with Crippen LogP contribution in [0, 0.1) is 0 Å². The number of likely N-dealkylation sites (tertiary alicyclic amines) is 1. The minimum atomic E-state index is -4.66. The highest BCUT2D eigenvalue weighted by molar-refractivity contribution is 5.27. The largest absolute Gasteiger partial charge is 0.573 e. The summed E-state index contributed by atoms with van der Waals surface area (Å²) in [6, 6.07) is 5.83. The first kappa shape index (κ1) is 15.1. The zero-order valence-electron chi connectivity index (χ0n) is 11.3. The van der Waals surface area contributed by atoms with Crippen molar-refractivity contribution in [2.45, 2.75) is 38.3 Å². The zero-order chi connectivity index (χ0) is 14.8. The average Bonchev–Trinajstić information content (AvgIpc) is 2.28. The van der Waals surface area contributed by atoms with Crippen molar-refractivity contribution < 1.29 is 23.0 Å². The first-order valence-corrected chi connectivity index (χ1v) is 6.59. The van der Waals surface area contributed by atoms with Crippen LogP contribution in [-0.2, 0) is 6.54 Å². The first-order chi connectivity index (χ1) is 9.30. The molecule has 1 fully saturated rings. The number of halogens is 3. The molecule has 112 valence electrons. The Morgan fingerprint density at radius 1 is 1.25 bits per heavy atom. The highest BCUT2D eigenvalue weighted by atomic mass is 19.4. The van der Waals surface area contributed by atoms with Crippen molar-refractivity contribution in [3.63, 3.8) is 0 Å². The summed E-state index contributed by atoms with van der Waals surface area (Å²) in [5, 5.41) is 10.0. The second-order valence-corrected chi connectivity index (χ2v) is 5.31. The van der Waals surface area contributed by atoms with E-state index < -0.39 is 12.0 Å². The van der Waals surface area contributed by atoms with Crippen LogP contribution in [0.4, 0.5) is 13.2 Å². The fourth-order valence-electron chi connectivity index (χ4n) is 2.58. The Morgan fingerprint density at radius 3 is 2.35 bits per heavy atom. The Balaban J connectivity index is 1.84. The summed E-state index contributed by atoms with van der Waals surface area (Å²) in [5.74, 6) is -0.215. The summed E-state index contributed by atoms with van der Waals surface area (Å²) in [6.45, 7) is 3.88. The molecule has 0 saturated carbocycles. The number of rotatable bonds is 5. The molecule has 0 radical (unpaired) electrons. The molecule has 6 heteroatoms. The molecule has 1 N–H and O–H groups in total. The van der Waals surface area contributed by atoms with Gasteiger partial charge in [-0.05, 0) is 24.1 Å². The van der Waals surface area contributed by atoms with Gasteiger partial charge in [0, 0.05) is 19.6 Å². The van der Waals surface area contributed by atoms with E-state index in [1.165, 1.54) is 12.1 Å². The predicted molar refractivity (Wildman–Crippen MR) is 68.3 cm³/mol. The number of aliphatic hydroxyl groups is 1. The van der Waals surface area contributed by atoms with E-state index in [0.717, 1.165) is 18.4 Å². The van der Waals surface area contributed by atoms with Gasteiger partial charge in [-0.2, -0.15) is 0 Å². The SMILES string of the molecule is CCCC1(O)CN(Cc2ccc(OC(F)(F)F)cc2)C1. The summed E-state index contributed by atoms with van der Waals surface area (Å²) in [4.78, 5) is 2.06. The van der Waals surface area contributed by atoms with E-state index in [1.54, 1.807) is 12.1 Å². The third-order valence-corrected chi connectivity index (χ3v) is 3.31. The van der Waals surface area contributed by atoms with Crippen LogP contribution in [0.2, 0.25) is 0 Å². The molecule has 0 aromatic heterocycles. The van der Waals surface area contributed by atoms with Crippen molar-refractivity contribution in [3.8, 4) is 5.75 Å². The van der Waals surface area contributed by atoms with Crippen LogP contribution < -0.4 is 4.74 Å². The van der Waals surface area contributed by atoms with Gasteiger partial charge in [0.25, 0.3) is 0 Å². The van der Waals surface area contributed by atoms with Gasteiger partial charge in [0.1, 0.15) is 5.75 Å². The van der Waals surface area contributed by atoms with Gasteiger partial charge in [0.2, 0.25) is 0 Å². The average molecular weight is 289 g/mol. The lowest BCUT2D eigenvalue weighted by Crippen LogP contribution is -2.60. The lowest BCUT2D eigenvalue weighted by molar-refractivity contribution is -0.274. The number of nitrogens with zero attached hydrogens (tertiary/aromatic N) is 1. The molecular formula is C14H18F3NO2. The van der Waals surface area contributed by atoms with E-state index in [2.05, 4.69) is 9.64 Å². The maximum Gasteiger partial charge on any atom is 0.573 e. The minimum absolute atomic E-state index is 0.215. The Labute approximate surface area is 116 Å². The quantitative estimate of drug-likeness (QED) is 0.904. The van der Waals surface area contributed by atoms with Crippen molar-refractivity contribution in [3.05, 3.63) is 29.8 Å². The van der Waals surface area contributed by atoms with Crippen LogP contribution in [0.3, 0.4) is 0 Å². The van der Waals surface area contributed by atoms with Gasteiger partial charge in [0.15, 0.2) is 0 Å². The van der Waals surface area contributed by atoms with Crippen LogP contribution in [0.15, 0.2) is 24.3 Å². The number of β-amino-alcohol motifs (C(OH)–C–C–N with tert-alkyl or cyclic N) is 1. The lowest BCUT2D eigenvalue weighted by atomic mass is 9.89. The van der Waals surface area contributed by atoms with E-state index in [0.29, 0.717) is 19.6 Å². The molecular weight excluding hydrogens is 271 g/mol. The summed E-state index contributed by atoms with van der Waals surface area (Å²) in [7, 11) is 0. The van der Waals surface area contributed by atoms with Gasteiger partial charge in [0.05, 0.1) is 5.60 Å². The number of hydrogen-bond acceptors (Lipinski definition) is 3. The Kier molecular flexibility index (Phi) is 4.25. The molecule has 1 aliphatic rings. The summed E-state index contributed by atoms with van der Waals surface area (Å²) in [5.41, 5.74) is 0.312. The Bertz CT molecular complexity index is 439. The highest BCUT2D eigenvalue weighted by Gasteiger charge is 2.39. The van der Waals surface area contributed by atoms with Gasteiger partial charge < -0.3 is 9.84 Å². The maximum atomic E-state index is 12.0. The van der Waals surface area contributed by atoms with Crippen molar-refractivity contribution in [2.75, 3.05) is 13.1 Å². The minimum Gasteiger partial charge on any atom is -0.406 e. The third kappa shape index (κ3) is 4.11. The van der Waals surface area contributed by atoms with Crippen LogP contribution in [-0.4, -0.2) is 35.1 Å². The van der Waals surface area contributed by atoms with Gasteiger partial charge in [-0.3, -0.25) is 4.90 Å². The van der Waals surface area contributed by atoms with Crippen molar-refractivity contribution >= 4 is 0 Å². The molecule has 3 nitrogen and oxygen atoms in total. The maximum absolute atomic E-state index is 12.0. The summed E-state index contributed by atoms with van der Waals surface area (Å²) < 4.78 is 39.9. The Hall–Kier alpha value is -1.27. The van der Waals surface area contributed by atoms with Crippen molar-refractivity contribution in [2.24, 2.45) is 0 Å². The number of hydrogen-bond donors (Lipinski definition) is 1. The fourth-order valence-corrected chi connectivity index (χ4v) is 2.58. The van der Waals surface area contributed by atoms with E-state index in [9.17, 15) is 18.3 Å². The summed E-state index contributed by atoms with van der Waals surface area (Å²) in [6.07, 6.45) is -2.94. The third-order valence-electron chi connectivity index (χ3n) is 3.31. The van der Waals surface area contributed by atoms with Crippen molar-refractivity contribution in [1.82, 2.24) is 4.90 Å². The van der Waals surface area contributed by atoms with Crippen LogP contribution in [0.5, 0.6) is 5.75 Å². The molecule has 1 aliphatic heterocycles. The molecule has 20 heavy (non-hydrogen) atoms. The molecule has 0 bridgehead atoms. The molecule has 0 amide bonds. The van der Waals surface area contributed by atoms with E-state index in [1.807, 2.05) is 6.92 Å². The Morgan fingerprint density at radius 2 is 1.85 bits per heavy atom. The number of alkyl halides is 3. The fraction of sp³-hybridized carbons (Fsp3) is 0.571. The second kappa shape index (κ2) is 5.61. The van der Waals surface area contributed by atoms with Gasteiger partial charge in [-0.15, -0.1) is 13.2 Å². The molecule has 1 saturated heterocycles. The number of benzene rings is 1. The van der Waals surface area contributed by atoms with Crippen molar-refractivity contribution in [1.29, 1.82) is 0 Å². The summed E-state index contributed by atoms with van der Waals surface area (Å²) >= 11 is 0. The van der Waals surface area contributed by atoms with E-state index >= 15 is 0 Å². The molecule has 0 aliphatic carbocycles.